The molecule has 1 N–H and O–H groups in total. The van der Waals surface area contributed by atoms with Gasteiger partial charge in [-0.2, -0.15) is 0 Å². The van der Waals surface area contributed by atoms with Crippen LogP contribution in [0.3, 0.4) is 0 Å². The molecule has 0 aliphatic carbocycles. The lowest BCUT2D eigenvalue weighted by atomic mass is 10.0. The van der Waals surface area contributed by atoms with E-state index in [0.29, 0.717) is 31.9 Å². The summed E-state index contributed by atoms with van der Waals surface area (Å²) >= 11 is 7.52. The number of benzene rings is 1. The van der Waals surface area contributed by atoms with Gasteiger partial charge in [0.2, 0.25) is 0 Å². The number of halogens is 1. The highest BCUT2D eigenvalue weighted by Crippen LogP contribution is 2.29. The number of esters is 1. The number of carbonyl (C=O) groups excluding carboxylic acids is 2. The SMILES string of the molecule is COC(=O)CC(NC(=O)c1sc(-c2ccccn2)nc1C)c1ccccc1Cl. The Bertz CT molecular complexity index is 991. The summed E-state index contributed by atoms with van der Waals surface area (Å²) in [5.74, 6) is -0.772. The zero-order valence-corrected chi connectivity index (χ0v) is 16.9. The first kappa shape index (κ1) is 20.0. The Morgan fingerprint density at radius 1 is 1.21 bits per heavy atom. The Hall–Kier alpha value is -2.77. The Labute approximate surface area is 171 Å². The summed E-state index contributed by atoms with van der Waals surface area (Å²) in [5.41, 5.74) is 1.95. The summed E-state index contributed by atoms with van der Waals surface area (Å²) in [4.78, 5) is 34.0. The summed E-state index contributed by atoms with van der Waals surface area (Å²) in [6.07, 6.45) is 1.65. The minimum atomic E-state index is -0.617. The molecule has 0 fully saturated rings. The largest absolute Gasteiger partial charge is 0.469 e. The van der Waals surface area contributed by atoms with Gasteiger partial charge in [0.05, 0.1) is 31.0 Å². The van der Waals surface area contributed by atoms with Crippen molar-refractivity contribution in [2.24, 2.45) is 0 Å². The van der Waals surface area contributed by atoms with Crippen molar-refractivity contribution in [1.82, 2.24) is 15.3 Å². The molecule has 3 rings (SSSR count). The molecule has 0 spiro atoms. The van der Waals surface area contributed by atoms with Crippen molar-refractivity contribution in [2.75, 3.05) is 7.11 Å². The number of aryl methyl sites for hydroxylation is 1. The van der Waals surface area contributed by atoms with Crippen LogP contribution in [0, 0.1) is 6.92 Å². The predicted octanol–water partition coefficient (Wildman–Crippen LogP) is 4.20. The Morgan fingerprint density at radius 2 is 1.96 bits per heavy atom. The van der Waals surface area contributed by atoms with Crippen LogP contribution in [0.2, 0.25) is 5.02 Å². The number of rotatable bonds is 6. The molecule has 1 aromatic carbocycles. The molecule has 0 saturated carbocycles. The zero-order valence-electron chi connectivity index (χ0n) is 15.3. The second kappa shape index (κ2) is 8.95. The van der Waals surface area contributed by atoms with Crippen LogP contribution in [-0.4, -0.2) is 29.0 Å². The van der Waals surface area contributed by atoms with Gasteiger partial charge in [-0.15, -0.1) is 11.3 Å². The van der Waals surface area contributed by atoms with Gasteiger partial charge in [0.25, 0.3) is 5.91 Å². The molecule has 1 atom stereocenters. The number of hydrogen-bond donors (Lipinski definition) is 1. The van der Waals surface area contributed by atoms with Crippen LogP contribution >= 0.6 is 22.9 Å². The van der Waals surface area contributed by atoms with Gasteiger partial charge in [-0.25, -0.2) is 4.98 Å². The number of nitrogens with zero attached hydrogens (tertiary/aromatic N) is 2. The third kappa shape index (κ3) is 4.55. The molecule has 6 nitrogen and oxygen atoms in total. The number of ether oxygens (including phenoxy) is 1. The van der Waals surface area contributed by atoms with E-state index >= 15 is 0 Å². The van der Waals surface area contributed by atoms with Gasteiger partial charge >= 0.3 is 5.97 Å². The molecule has 0 bridgehead atoms. The fraction of sp³-hybridized carbons (Fsp3) is 0.200. The molecule has 0 radical (unpaired) electrons. The van der Waals surface area contributed by atoms with E-state index in [2.05, 4.69) is 15.3 Å². The first-order valence-electron chi connectivity index (χ1n) is 8.50. The standard InChI is InChI=1S/C20H18ClN3O3S/c1-12-18(28-20(23-12)15-9-5-6-10-22-15)19(26)24-16(11-17(25)27-2)13-7-3-4-8-14(13)21/h3-10,16H,11H2,1-2H3,(H,24,26). The maximum Gasteiger partial charge on any atom is 0.307 e. The number of aromatic nitrogens is 2. The van der Waals surface area contributed by atoms with E-state index in [-0.39, 0.29) is 12.3 Å². The minimum Gasteiger partial charge on any atom is -0.469 e. The number of methoxy groups -OCH3 is 1. The maximum atomic E-state index is 12.9. The molecule has 144 valence electrons. The van der Waals surface area contributed by atoms with Crippen molar-refractivity contribution in [3.63, 3.8) is 0 Å². The topological polar surface area (TPSA) is 81.2 Å². The zero-order chi connectivity index (χ0) is 20.1. The molecule has 8 heteroatoms. The van der Waals surface area contributed by atoms with Crippen LogP contribution in [0.5, 0.6) is 0 Å². The molecule has 1 amide bonds. The number of carbonyl (C=O) groups is 2. The molecule has 0 saturated heterocycles. The average Bonchev–Trinajstić information content (AvgIpc) is 3.10. The molecule has 0 aliphatic rings. The molecule has 0 aliphatic heterocycles. The lowest BCUT2D eigenvalue weighted by molar-refractivity contribution is -0.141. The molecule has 3 aromatic rings. The van der Waals surface area contributed by atoms with Gasteiger partial charge in [-0.1, -0.05) is 35.9 Å². The summed E-state index contributed by atoms with van der Waals surface area (Å²) in [7, 11) is 1.31. The van der Waals surface area contributed by atoms with E-state index in [9.17, 15) is 9.59 Å². The van der Waals surface area contributed by atoms with E-state index in [0.717, 1.165) is 0 Å². The molecular formula is C20H18ClN3O3S. The van der Waals surface area contributed by atoms with E-state index in [1.165, 1.54) is 18.4 Å². The molecule has 1 unspecified atom stereocenters. The summed E-state index contributed by atoms with van der Waals surface area (Å²) in [6.45, 7) is 1.77. The Morgan fingerprint density at radius 3 is 2.64 bits per heavy atom. The molecule has 2 heterocycles. The van der Waals surface area contributed by atoms with Gasteiger partial charge in [0.1, 0.15) is 9.88 Å². The van der Waals surface area contributed by atoms with Crippen molar-refractivity contribution in [3.8, 4) is 10.7 Å². The first-order valence-corrected chi connectivity index (χ1v) is 9.70. The number of pyridine rings is 1. The van der Waals surface area contributed by atoms with Gasteiger partial charge in [-0.05, 0) is 30.7 Å². The predicted molar refractivity (Wildman–Crippen MR) is 108 cm³/mol. The van der Waals surface area contributed by atoms with Crippen LogP contribution in [0.15, 0.2) is 48.7 Å². The highest BCUT2D eigenvalue weighted by molar-refractivity contribution is 7.17. The van der Waals surface area contributed by atoms with Crippen LogP contribution in [0.25, 0.3) is 10.7 Å². The summed E-state index contributed by atoms with van der Waals surface area (Å²) in [6, 6.07) is 12.0. The fourth-order valence-corrected chi connectivity index (χ4v) is 3.89. The second-order valence-electron chi connectivity index (χ2n) is 5.98. The second-order valence-corrected chi connectivity index (χ2v) is 7.38. The molecule has 28 heavy (non-hydrogen) atoms. The van der Waals surface area contributed by atoms with Gasteiger partial charge in [0.15, 0.2) is 0 Å². The number of thiazole rings is 1. The van der Waals surface area contributed by atoms with E-state index in [1.54, 1.807) is 37.4 Å². The van der Waals surface area contributed by atoms with Gasteiger partial charge in [0, 0.05) is 11.2 Å². The lowest BCUT2D eigenvalue weighted by Gasteiger charge is -2.19. The number of amides is 1. The van der Waals surface area contributed by atoms with Gasteiger partial charge in [-0.3, -0.25) is 14.6 Å². The van der Waals surface area contributed by atoms with Crippen LogP contribution in [0.4, 0.5) is 0 Å². The Balaban J connectivity index is 1.87. The summed E-state index contributed by atoms with van der Waals surface area (Å²) < 4.78 is 4.76. The van der Waals surface area contributed by atoms with Crippen LogP contribution in [0.1, 0.15) is 33.4 Å². The number of hydrogen-bond acceptors (Lipinski definition) is 6. The van der Waals surface area contributed by atoms with Crippen molar-refractivity contribution in [2.45, 2.75) is 19.4 Å². The average molecular weight is 416 g/mol. The van der Waals surface area contributed by atoms with E-state index in [1.807, 2.05) is 18.2 Å². The monoisotopic (exact) mass is 415 g/mol. The fourth-order valence-electron chi connectivity index (χ4n) is 2.68. The van der Waals surface area contributed by atoms with E-state index in [4.69, 9.17) is 16.3 Å². The number of nitrogens with one attached hydrogen (secondary N) is 1. The molecular weight excluding hydrogens is 398 g/mol. The normalized spacial score (nSPS) is 11.7. The van der Waals surface area contributed by atoms with Crippen molar-refractivity contribution >= 4 is 34.8 Å². The minimum absolute atomic E-state index is 0.0308. The third-order valence-electron chi connectivity index (χ3n) is 4.07. The Kier molecular flexibility index (Phi) is 6.38. The van der Waals surface area contributed by atoms with Crippen LogP contribution in [-0.2, 0) is 9.53 Å². The lowest BCUT2D eigenvalue weighted by Crippen LogP contribution is -2.30. The maximum absolute atomic E-state index is 12.9. The highest BCUT2D eigenvalue weighted by atomic mass is 35.5. The van der Waals surface area contributed by atoms with Crippen molar-refractivity contribution in [3.05, 3.63) is 69.8 Å². The smallest absolute Gasteiger partial charge is 0.307 e. The summed E-state index contributed by atoms with van der Waals surface area (Å²) in [5, 5.41) is 4.01. The highest BCUT2D eigenvalue weighted by Gasteiger charge is 2.24. The quantitative estimate of drug-likeness (QED) is 0.610. The van der Waals surface area contributed by atoms with Gasteiger partial charge < -0.3 is 10.1 Å². The molecule has 2 aromatic heterocycles. The third-order valence-corrected chi connectivity index (χ3v) is 5.59. The van der Waals surface area contributed by atoms with Crippen molar-refractivity contribution in [1.29, 1.82) is 0 Å². The van der Waals surface area contributed by atoms with E-state index < -0.39 is 12.0 Å². The van der Waals surface area contributed by atoms with Crippen molar-refractivity contribution < 1.29 is 14.3 Å². The van der Waals surface area contributed by atoms with Crippen LogP contribution < -0.4 is 5.32 Å². The first-order chi connectivity index (χ1) is 13.5.